The molecule has 0 aliphatic rings. The van der Waals surface area contributed by atoms with E-state index in [1.807, 2.05) is 0 Å². The maximum absolute atomic E-state index is 11.1. The molecule has 7 heteroatoms. The zero-order valence-electron chi connectivity index (χ0n) is 9.43. The summed E-state index contributed by atoms with van der Waals surface area (Å²) in [5.74, 6) is -1.03. The molecule has 0 spiro atoms. The van der Waals surface area contributed by atoms with Gasteiger partial charge in [0.05, 0.1) is 16.9 Å². The van der Waals surface area contributed by atoms with E-state index in [0.29, 0.717) is 5.02 Å². The number of hydrogen-bond acceptors (Lipinski definition) is 4. The number of carbonyl (C=O) groups is 1. The van der Waals surface area contributed by atoms with Crippen molar-refractivity contribution in [3.8, 4) is 11.6 Å². The van der Waals surface area contributed by atoms with E-state index in [1.165, 1.54) is 24.4 Å². The number of nitrogens with zero attached hydrogens (tertiary/aromatic N) is 1. The van der Waals surface area contributed by atoms with Gasteiger partial charge in [0.1, 0.15) is 11.3 Å². The molecule has 1 aromatic heterocycles. The van der Waals surface area contributed by atoms with Crippen molar-refractivity contribution in [3.63, 3.8) is 0 Å². The van der Waals surface area contributed by atoms with Crippen LogP contribution >= 0.6 is 23.2 Å². The summed E-state index contributed by atoms with van der Waals surface area (Å²) in [6.45, 7) is 0. The summed E-state index contributed by atoms with van der Waals surface area (Å²) in [6, 6.07) is 5.83. The van der Waals surface area contributed by atoms with Crippen LogP contribution in [-0.4, -0.2) is 16.1 Å². The molecule has 0 saturated heterocycles. The summed E-state index contributed by atoms with van der Waals surface area (Å²) < 4.78 is 5.37. The van der Waals surface area contributed by atoms with Crippen LogP contribution in [0.3, 0.4) is 0 Å². The number of halogens is 2. The molecule has 0 bridgehead atoms. The summed E-state index contributed by atoms with van der Waals surface area (Å²) in [6.07, 6.45) is 1.30. The number of rotatable bonds is 3. The molecule has 1 heterocycles. The third-order valence-electron chi connectivity index (χ3n) is 2.20. The van der Waals surface area contributed by atoms with Crippen molar-refractivity contribution in [1.29, 1.82) is 0 Å². The average molecular weight is 299 g/mol. The first-order valence-electron chi connectivity index (χ1n) is 5.09. The molecule has 2 aromatic rings. The molecule has 0 aliphatic heterocycles. The lowest BCUT2D eigenvalue weighted by Gasteiger charge is -2.09. The summed E-state index contributed by atoms with van der Waals surface area (Å²) in [5, 5.41) is 9.75. The lowest BCUT2D eigenvalue weighted by atomic mass is 10.2. The molecule has 3 N–H and O–H groups in total. The number of aromatic nitrogens is 1. The molecule has 0 saturated carbocycles. The van der Waals surface area contributed by atoms with Crippen molar-refractivity contribution in [3.05, 3.63) is 46.1 Å². The van der Waals surface area contributed by atoms with Gasteiger partial charge in [-0.2, -0.15) is 0 Å². The fraction of sp³-hybridized carbons (Fsp3) is 0. The van der Waals surface area contributed by atoms with Crippen molar-refractivity contribution in [2.75, 3.05) is 5.73 Å². The molecule has 5 nitrogen and oxygen atoms in total. The Hall–Kier alpha value is -1.98. The number of hydrogen-bond donors (Lipinski definition) is 2. The molecule has 1 aromatic carbocycles. The van der Waals surface area contributed by atoms with Crippen molar-refractivity contribution in [2.24, 2.45) is 0 Å². The van der Waals surface area contributed by atoms with Crippen LogP contribution in [0.1, 0.15) is 10.4 Å². The van der Waals surface area contributed by atoms with E-state index in [2.05, 4.69) is 4.98 Å². The number of nitrogen functional groups attached to an aromatic ring is 1. The number of carboxylic acid groups (broad SMARTS) is 1. The fourth-order valence-corrected chi connectivity index (χ4v) is 1.81. The lowest BCUT2D eigenvalue weighted by molar-refractivity contribution is 0.0693. The summed E-state index contributed by atoms with van der Waals surface area (Å²) in [7, 11) is 0. The Labute approximate surface area is 118 Å². The molecule has 19 heavy (non-hydrogen) atoms. The number of pyridine rings is 1. The van der Waals surface area contributed by atoms with Gasteiger partial charge in [-0.1, -0.05) is 23.2 Å². The zero-order chi connectivity index (χ0) is 14.0. The Morgan fingerprint density at radius 3 is 2.68 bits per heavy atom. The predicted molar refractivity (Wildman–Crippen MR) is 72.1 cm³/mol. The molecule has 0 atom stereocenters. The van der Waals surface area contributed by atoms with Gasteiger partial charge in [-0.25, -0.2) is 9.78 Å². The first-order valence-corrected chi connectivity index (χ1v) is 5.84. The van der Waals surface area contributed by atoms with E-state index in [9.17, 15) is 4.79 Å². The number of carboxylic acids is 1. The number of nitrogens with two attached hydrogens (primary N) is 1. The maximum atomic E-state index is 11.1. The van der Waals surface area contributed by atoms with Gasteiger partial charge in [-0.3, -0.25) is 0 Å². The minimum atomic E-state index is -1.19. The first-order chi connectivity index (χ1) is 8.97. The minimum Gasteiger partial charge on any atom is -0.477 e. The van der Waals surface area contributed by atoms with Gasteiger partial charge in [0.15, 0.2) is 0 Å². The second kappa shape index (κ2) is 5.34. The predicted octanol–water partition coefficient (Wildman–Crippen LogP) is 3.46. The van der Waals surface area contributed by atoms with Crippen molar-refractivity contribution < 1.29 is 14.6 Å². The van der Waals surface area contributed by atoms with Crippen LogP contribution in [0.15, 0.2) is 30.5 Å². The molecular weight excluding hydrogens is 291 g/mol. The van der Waals surface area contributed by atoms with E-state index in [-0.39, 0.29) is 27.9 Å². The molecule has 0 aliphatic carbocycles. The van der Waals surface area contributed by atoms with Crippen LogP contribution in [0.5, 0.6) is 11.6 Å². The van der Waals surface area contributed by atoms with Crippen molar-refractivity contribution >= 4 is 34.9 Å². The largest absolute Gasteiger partial charge is 0.477 e. The molecule has 0 fully saturated rings. The van der Waals surface area contributed by atoms with Gasteiger partial charge in [-0.15, -0.1) is 0 Å². The van der Waals surface area contributed by atoms with E-state index in [0.717, 1.165) is 0 Å². The summed E-state index contributed by atoms with van der Waals surface area (Å²) >= 11 is 11.7. The Bertz CT molecular complexity index is 647. The zero-order valence-corrected chi connectivity index (χ0v) is 10.9. The van der Waals surface area contributed by atoms with E-state index >= 15 is 0 Å². The van der Waals surface area contributed by atoms with E-state index < -0.39 is 5.97 Å². The second-order valence-electron chi connectivity index (χ2n) is 3.60. The molecule has 0 unspecified atom stereocenters. The quantitative estimate of drug-likeness (QED) is 0.906. The van der Waals surface area contributed by atoms with Crippen LogP contribution in [0.25, 0.3) is 0 Å². The van der Waals surface area contributed by atoms with Gasteiger partial charge in [0.25, 0.3) is 0 Å². The normalized spacial score (nSPS) is 10.2. The average Bonchev–Trinajstić information content (AvgIpc) is 2.34. The highest BCUT2D eigenvalue weighted by Crippen LogP contribution is 2.32. The molecule has 98 valence electrons. The van der Waals surface area contributed by atoms with E-state index in [1.54, 1.807) is 6.07 Å². The summed E-state index contributed by atoms with van der Waals surface area (Å²) in [4.78, 5) is 14.9. The van der Waals surface area contributed by atoms with Crippen LogP contribution in [0.4, 0.5) is 5.69 Å². The Morgan fingerprint density at radius 2 is 2.05 bits per heavy atom. The van der Waals surface area contributed by atoms with Crippen molar-refractivity contribution in [2.45, 2.75) is 0 Å². The Kier molecular flexibility index (Phi) is 3.78. The highest BCUT2D eigenvalue weighted by Gasteiger charge is 2.15. The Balaban J connectivity index is 2.40. The van der Waals surface area contributed by atoms with Crippen LogP contribution < -0.4 is 10.5 Å². The SMILES string of the molecule is Nc1cnc(Oc2ccc(Cl)cc2Cl)c(C(=O)O)c1. The second-order valence-corrected chi connectivity index (χ2v) is 4.45. The molecule has 2 rings (SSSR count). The Morgan fingerprint density at radius 1 is 1.32 bits per heavy atom. The van der Waals surface area contributed by atoms with Crippen molar-refractivity contribution in [1.82, 2.24) is 4.98 Å². The monoisotopic (exact) mass is 298 g/mol. The van der Waals surface area contributed by atoms with Gasteiger partial charge in [0, 0.05) is 5.02 Å². The standard InChI is InChI=1S/C12H8Cl2N2O3/c13-6-1-2-10(9(14)3-6)19-11-8(12(17)18)4-7(15)5-16-11/h1-5H,15H2,(H,17,18). The van der Waals surface area contributed by atoms with Gasteiger partial charge in [-0.05, 0) is 24.3 Å². The maximum Gasteiger partial charge on any atom is 0.341 e. The van der Waals surface area contributed by atoms with Crippen LogP contribution in [-0.2, 0) is 0 Å². The third-order valence-corrected chi connectivity index (χ3v) is 2.73. The fourth-order valence-electron chi connectivity index (χ4n) is 1.37. The highest BCUT2D eigenvalue weighted by atomic mass is 35.5. The topological polar surface area (TPSA) is 85.4 Å². The van der Waals surface area contributed by atoms with Gasteiger partial charge >= 0.3 is 5.97 Å². The smallest absolute Gasteiger partial charge is 0.341 e. The van der Waals surface area contributed by atoms with E-state index in [4.69, 9.17) is 38.8 Å². The number of anilines is 1. The minimum absolute atomic E-state index is 0.0917. The number of ether oxygens (including phenoxy) is 1. The number of aromatic carboxylic acids is 1. The number of benzene rings is 1. The van der Waals surface area contributed by atoms with Crippen LogP contribution in [0, 0.1) is 0 Å². The first kappa shape index (κ1) is 13.5. The third kappa shape index (κ3) is 3.07. The lowest BCUT2D eigenvalue weighted by Crippen LogP contribution is -2.03. The molecular formula is C12H8Cl2N2O3. The van der Waals surface area contributed by atoms with Gasteiger partial charge in [0.2, 0.25) is 5.88 Å². The highest BCUT2D eigenvalue weighted by molar-refractivity contribution is 6.35. The van der Waals surface area contributed by atoms with Crippen LogP contribution in [0.2, 0.25) is 10.0 Å². The molecule has 0 radical (unpaired) electrons. The molecule has 0 amide bonds. The summed E-state index contributed by atoms with van der Waals surface area (Å²) in [5.41, 5.74) is 5.56. The van der Waals surface area contributed by atoms with Gasteiger partial charge < -0.3 is 15.6 Å².